The van der Waals surface area contributed by atoms with Gasteiger partial charge in [0.2, 0.25) is 5.91 Å². The van der Waals surface area contributed by atoms with Gasteiger partial charge in [0, 0.05) is 13.6 Å². The van der Waals surface area contributed by atoms with Crippen LogP contribution >= 0.6 is 11.8 Å². The Labute approximate surface area is 70.5 Å². The number of likely N-dealkylation sites (N-methyl/N-ethyl adjacent to an activating group) is 1. The quantitative estimate of drug-likeness (QED) is 0.553. The lowest BCUT2D eigenvalue weighted by molar-refractivity contribution is -0.128. The van der Waals surface area contributed by atoms with Gasteiger partial charge in [-0.1, -0.05) is 0 Å². The van der Waals surface area contributed by atoms with Crippen molar-refractivity contribution in [3.8, 4) is 0 Å². The first-order valence-electron chi connectivity index (χ1n) is 3.86. The second-order valence-electron chi connectivity index (χ2n) is 3.11. The molecule has 0 bridgehead atoms. The van der Waals surface area contributed by atoms with Crippen molar-refractivity contribution >= 4 is 17.7 Å². The van der Waals surface area contributed by atoms with Gasteiger partial charge in [-0.25, -0.2) is 0 Å². The second kappa shape index (κ2) is 2.38. The maximum Gasteiger partial charge on any atom is 0.233 e. The molecule has 0 aromatic carbocycles. The summed E-state index contributed by atoms with van der Waals surface area (Å²) in [5, 5.41) is 3.29. The highest BCUT2D eigenvalue weighted by molar-refractivity contribution is 8.01. The van der Waals surface area contributed by atoms with E-state index in [1.54, 1.807) is 11.8 Å². The molecule has 4 heteroatoms. The van der Waals surface area contributed by atoms with Crippen molar-refractivity contribution in [2.45, 2.75) is 11.3 Å². The molecule has 1 amide bonds. The van der Waals surface area contributed by atoms with E-state index in [4.69, 9.17) is 0 Å². The number of carbonyl (C=O) groups is 1. The van der Waals surface area contributed by atoms with Crippen LogP contribution in [0.4, 0.5) is 0 Å². The molecule has 3 nitrogen and oxygen atoms in total. The Morgan fingerprint density at radius 3 is 3.00 bits per heavy atom. The van der Waals surface area contributed by atoms with Crippen LogP contribution in [0.25, 0.3) is 0 Å². The van der Waals surface area contributed by atoms with Gasteiger partial charge in [-0.05, 0) is 13.0 Å². The maximum atomic E-state index is 11.2. The van der Waals surface area contributed by atoms with Gasteiger partial charge in [0.25, 0.3) is 0 Å². The van der Waals surface area contributed by atoms with Crippen LogP contribution in [-0.2, 0) is 4.79 Å². The number of rotatable bonds is 0. The Morgan fingerprint density at radius 1 is 1.73 bits per heavy atom. The molecule has 2 rings (SSSR count). The minimum Gasteiger partial charge on any atom is -0.329 e. The number of thioether (sulfide) groups is 1. The van der Waals surface area contributed by atoms with E-state index in [9.17, 15) is 4.79 Å². The molecule has 1 spiro atoms. The lowest BCUT2D eigenvalue weighted by Crippen LogP contribution is -2.42. The third-order valence-corrected chi connectivity index (χ3v) is 4.09. The van der Waals surface area contributed by atoms with Crippen LogP contribution in [0.15, 0.2) is 0 Å². The summed E-state index contributed by atoms with van der Waals surface area (Å²) >= 11 is 1.78. The standard InChI is InChI=1S/C7H12N2OS/c1-9-6(10)4-11-7(9)2-3-8-5-7/h8H,2-5H2,1H3. The number of hydrogen-bond acceptors (Lipinski definition) is 3. The zero-order valence-electron chi connectivity index (χ0n) is 6.59. The van der Waals surface area contributed by atoms with Gasteiger partial charge in [-0.2, -0.15) is 0 Å². The maximum absolute atomic E-state index is 11.2. The van der Waals surface area contributed by atoms with Crippen molar-refractivity contribution in [3.63, 3.8) is 0 Å². The zero-order valence-corrected chi connectivity index (χ0v) is 7.41. The van der Waals surface area contributed by atoms with E-state index >= 15 is 0 Å². The molecule has 2 heterocycles. The van der Waals surface area contributed by atoms with Gasteiger partial charge in [0.15, 0.2) is 0 Å². The molecule has 0 saturated carbocycles. The van der Waals surface area contributed by atoms with Gasteiger partial charge in [0.05, 0.1) is 5.75 Å². The van der Waals surface area contributed by atoms with Crippen LogP contribution in [0.1, 0.15) is 6.42 Å². The highest BCUT2D eigenvalue weighted by Crippen LogP contribution is 2.39. The lowest BCUT2D eigenvalue weighted by atomic mass is 10.2. The van der Waals surface area contributed by atoms with Gasteiger partial charge in [0.1, 0.15) is 4.87 Å². The molecule has 62 valence electrons. The van der Waals surface area contributed by atoms with Crippen molar-refractivity contribution < 1.29 is 4.79 Å². The van der Waals surface area contributed by atoms with E-state index in [-0.39, 0.29) is 10.8 Å². The zero-order chi connectivity index (χ0) is 7.90. The topological polar surface area (TPSA) is 32.3 Å². The molecule has 1 atom stereocenters. The summed E-state index contributed by atoms with van der Waals surface area (Å²) in [4.78, 5) is 13.2. The fourth-order valence-electron chi connectivity index (χ4n) is 1.68. The summed E-state index contributed by atoms with van der Waals surface area (Å²) in [6, 6.07) is 0. The van der Waals surface area contributed by atoms with E-state index in [2.05, 4.69) is 5.32 Å². The summed E-state index contributed by atoms with van der Waals surface area (Å²) in [6.45, 7) is 2.00. The second-order valence-corrected chi connectivity index (χ2v) is 4.45. The summed E-state index contributed by atoms with van der Waals surface area (Å²) in [5.74, 6) is 0.941. The van der Waals surface area contributed by atoms with Crippen LogP contribution in [0.3, 0.4) is 0 Å². The average Bonchev–Trinajstić information content (AvgIpc) is 2.56. The van der Waals surface area contributed by atoms with E-state index < -0.39 is 0 Å². The van der Waals surface area contributed by atoms with E-state index in [1.807, 2.05) is 11.9 Å². The van der Waals surface area contributed by atoms with Crippen LogP contribution in [0.2, 0.25) is 0 Å². The fraction of sp³-hybridized carbons (Fsp3) is 0.857. The number of amides is 1. The van der Waals surface area contributed by atoms with Crippen molar-refractivity contribution in [3.05, 3.63) is 0 Å². The first kappa shape index (κ1) is 7.43. The first-order valence-corrected chi connectivity index (χ1v) is 4.84. The monoisotopic (exact) mass is 172 g/mol. The molecular formula is C7H12N2OS. The lowest BCUT2D eigenvalue weighted by Gasteiger charge is -2.29. The third-order valence-electron chi connectivity index (χ3n) is 2.54. The van der Waals surface area contributed by atoms with Crippen molar-refractivity contribution in [2.75, 3.05) is 25.9 Å². The van der Waals surface area contributed by atoms with Crippen molar-refractivity contribution in [1.82, 2.24) is 10.2 Å². The SMILES string of the molecule is CN1C(=O)CSC12CCNC2. The molecule has 0 aromatic rings. The highest BCUT2D eigenvalue weighted by Gasteiger charge is 2.45. The minimum absolute atomic E-state index is 0.108. The van der Waals surface area contributed by atoms with E-state index in [1.165, 1.54) is 0 Å². The molecule has 0 radical (unpaired) electrons. The third kappa shape index (κ3) is 0.964. The average molecular weight is 172 g/mol. The molecule has 0 aliphatic carbocycles. The van der Waals surface area contributed by atoms with Crippen LogP contribution in [-0.4, -0.2) is 41.6 Å². The highest BCUT2D eigenvalue weighted by atomic mass is 32.2. The smallest absolute Gasteiger partial charge is 0.233 e. The van der Waals surface area contributed by atoms with Gasteiger partial charge >= 0.3 is 0 Å². The Hall–Kier alpha value is -0.220. The Morgan fingerprint density at radius 2 is 2.55 bits per heavy atom. The van der Waals surface area contributed by atoms with E-state index in [0.717, 1.165) is 19.5 Å². The molecule has 11 heavy (non-hydrogen) atoms. The molecule has 2 aliphatic rings. The number of nitrogens with zero attached hydrogens (tertiary/aromatic N) is 1. The predicted molar refractivity (Wildman–Crippen MR) is 45.4 cm³/mol. The predicted octanol–water partition coefficient (Wildman–Crippen LogP) is -0.119. The largest absolute Gasteiger partial charge is 0.329 e. The molecule has 0 aromatic heterocycles. The van der Waals surface area contributed by atoms with Crippen molar-refractivity contribution in [1.29, 1.82) is 0 Å². The van der Waals surface area contributed by atoms with Gasteiger partial charge in [-0.3, -0.25) is 4.79 Å². The normalized spacial score (nSPS) is 37.5. The molecular weight excluding hydrogens is 160 g/mol. The summed E-state index contributed by atoms with van der Waals surface area (Å²) in [7, 11) is 1.91. The molecule has 1 N–H and O–H groups in total. The minimum atomic E-state index is 0.108. The number of nitrogens with one attached hydrogen (secondary N) is 1. The molecule has 1 unspecified atom stereocenters. The van der Waals surface area contributed by atoms with Gasteiger partial charge < -0.3 is 10.2 Å². The number of carbonyl (C=O) groups excluding carboxylic acids is 1. The molecule has 2 saturated heterocycles. The molecule has 2 fully saturated rings. The summed E-state index contributed by atoms with van der Waals surface area (Å²) < 4.78 is 0. The Bertz CT molecular complexity index is 189. The van der Waals surface area contributed by atoms with Crippen LogP contribution in [0, 0.1) is 0 Å². The van der Waals surface area contributed by atoms with Crippen molar-refractivity contribution in [2.24, 2.45) is 0 Å². The van der Waals surface area contributed by atoms with Crippen LogP contribution < -0.4 is 5.32 Å². The number of hydrogen-bond donors (Lipinski definition) is 1. The first-order chi connectivity index (χ1) is 5.25. The van der Waals surface area contributed by atoms with Crippen LogP contribution in [0.5, 0.6) is 0 Å². The Balaban J connectivity index is 2.19. The van der Waals surface area contributed by atoms with E-state index in [0.29, 0.717) is 5.75 Å². The fourth-order valence-corrected chi connectivity index (χ4v) is 3.01. The molecule has 2 aliphatic heterocycles. The Kier molecular flexibility index (Phi) is 1.61. The summed E-state index contributed by atoms with van der Waals surface area (Å²) in [6.07, 6.45) is 1.10. The van der Waals surface area contributed by atoms with Gasteiger partial charge in [-0.15, -0.1) is 11.8 Å². The summed E-state index contributed by atoms with van der Waals surface area (Å²) in [5.41, 5.74) is 0.